The minimum atomic E-state index is -0.837. The van der Waals surface area contributed by atoms with Gasteiger partial charge in [-0.1, -0.05) is 0 Å². The maximum absolute atomic E-state index is 12.2. The lowest BCUT2D eigenvalue weighted by Crippen LogP contribution is -2.51. The molecule has 0 saturated carbocycles. The second kappa shape index (κ2) is 7.67. The van der Waals surface area contributed by atoms with E-state index in [0.29, 0.717) is 18.7 Å². The van der Waals surface area contributed by atoms with E-state index >= 15 is 0 Å². The first-order chi connectivity index (χ1) is 11.4. The van der Waals surface area contributed by atoms with Gasteiger partial charge in [0.25, 0.3) is 5.91 Å². The minimum absolute atomic E-state index is 0.0753. The predicted octanol–water partition coefficient (Wildman–Crippen LogP) is 0.424. The number of benzene rings is 1. The van der Waals surface area contributed by atoms with Crippen molar-refractivity contribution in [3.8, 4) is 11.5 Å². The number of piperidine rings is 1. The smallest absolute Gasteiger partial charge is 0.342 e. The number of nitrogens with zero attached hydrogens (tertiary/aromatic N) is 1. The lowest BCUT2D eigenvalue weighted by Gasteiger charge is -2.33. The fraction of sp³-hybridized carbons (Fsp3) is 0.438. The molecule has 0 aromatic heterocycles. The summed E-state index contributed by atoms with van der Waals surface area (Å²) in [6.07, 6.45) is 2.09. The van der Waals surface area contributed by atoms with Crippen molar-refractivity contribution in [1.29, 1.82) is 0 Å². The number of rotatable bonds is 5. The van der Waals surface area contributed by atoms with Gasteiger partial charge < -0.3 is 25.2 Å². The van der Waals surface area contributed by atoms with Gasteiger partial charge in [0.1, 0.15) is 23.1 Å². The average molecular weight is 336 g/mol. The SMILES string of the molecule is COc1ccc(C(=O)OCC(=O)N2CCCC[C@@H]2C(N)=O)c(O)c1. The van der Waals surface area contributed by atoms with Crippen LogP contribution in [0.5, 0.6) is 11.5 Å². The van der Waals surface area contributed by atoms with Crippen LogP contribution in [0.15, 0.2) is 18.2 Å². The molecular weight excluding hydrogens is 316 g/mol. The zero-order valence-corrected chi connectivity index (χ0v) is 13.4. The van der Waals surface area contributed by atoms with Gasteiger partial charge in [-0.3, -0.25) is 9.59 Å². The second-order valence-electron chi connectivity index (χ2n) is 5.46. The van der Waals surface area contributed by atoms with Crippen LogP contribution in [-0.4, -0.2) is 54.1 Å². The average Bonchev–Trinajstić information content (AvgIpc) is 2.59. The third kappa shape index (κ3) is 3.95. The fourth-order valence-corrected chi connectivity index (χ4v) is 2.62. The summed E-state index contributed by atoms with van der Waals surface area (Å²) in [5.74, 6) is -1.81. The molecule has 3 N–H and O–H groups in total. The Morgan fingerprint density at radius 1 is 1.33 bits per heavy atom. The lowest BCUT2D eigenvalue weighted by molar-refractivity contribution is -0.143. The van der Waals surface area contributed by atoms with Crippen molar-refractivity contribution < 1.29 is 29.0 Å². The van der Waals surface area contributed by atoms with E-state index in [-0.39, 0.29) is 11.3 Å². The molecule has 0 radical (unpaired) electrons. The molecule has 0 unspecified atom stereocenters. The van der Waals surface area contributed by atoms with Crippen molar-refractivity contribution in [2.45, 2.75) is 25.3 Å². The van der Waals surface area contributed by atoms with Crippen LogP contribution in [0.4, 0.5) is 0 Å². The van der Waals surface area contributed by atoms with E-state index < -0.39 is 30.4 Å². The summed E-state index contributed by atoms with van der Waals surface area (Å²) in [7, 11) is 1.43. The van der Waals surface area contributed by atoms with Crippen LogP contribution in [0.25, 0.3) is 0 Å². The number of likely N-dealkylation sites (tertiary alicyclic amines) is 1. The van der Waals surface area contributed by atoms with Gasteiger partial charge in [-0.25, -0.2) is 4.79 Å². The number of nitrogens with two attached hydrogens (primary N) is 1. The van der Waals surface area contributed by atoms with Crippen molar-refractivity contribution in [2.75, 3.05) is 20.3 Å². The number of carbonyl (C=O) groups is 3. The topological polar surface area (TPSA) is 119 Å². The highest BCUT2D eigenvalue weighted by Crippen LogP contribution is 2.24. The number of hydrogen-bond acceptors (Lipinski definition) is 6. The molecule has 1 saturated heterocycles. The fourth-order valence-electron chi connectivity index (χ4n) is 2.62. The first kappa shape index (κ1) is 17.6. The number of phenolic OH excluding ortho intramolecular Hbond substituents is 1. The van der Waals surface area contributed by atoms with Crippen LogP contribution in [0, 0.1) is 0 Å². The third-order valence-electron chi connectivity index (χ3n) is 3.90. The minimum Gasteiger partial charge on any atom is -0.507 e. The summed E-state index contributed by atoms with van der Waals surface area (Å²) in [5, 5.41) is 9.78. The Hall–Kier alpha value is -2.77. The van der Waals surface area contributed by atoms with Crippen molar-refractivity contribution in [3.63, 3.8) is 0 Å². The van der Waals surface area contributed by atoms with Gasteiger partial charge in [0.05, 0.1) is 7.11 Å². The van der Waals surface area contributed by atoms with Gasteiger partial charge in [0.2, 0.25) is 5.91 Å². The van der Waals surface area contributed by atoms with Gasteiger partial charge in [-0.05, 0) is 31.4 Å². The molecule has 24 heavy (non-hydrogen) atoms. The molecule has 8 nitrogen and oxygen atoms in total. The number of esters is 1. The molecule has 1 aromatic carbocycles. The van der Waals surface area contributed by atoms with Crippen molar-refractivity contribution in [3.05, 3.63) is 23.8 Å². The standard InChI is InChI=1S/C16H20N2O6/c1-23-10-5-6-11(13(19)8-10)16(22)24-9-14(20)18-7-3-2-4-12(18)15(17)21/h5-6,8,12,19H,2-4,7,9H2,1H3,(H2,17,21)/t12-/m1/s1. The van der Waals surface area contributed by atoms with E-state index in [9.17, 15) is 19.5 Å². The molecular formula is C16H20N2O6. The van der Waals surface area contributed by atoms with E-state index in [0.717, 1.165) is 12.8 Å². The molecule has 0 spiro atoms. The molecule has 1 aliphatic rings. The number of carbonyl (C=O) groups excluding carboxylic acids is 3. The normalized spacial score (nSPS) is 17.2. The highest BCUT2D eigenvalue weighted by atomic mass is 16.5. The Morgan fingerprint density at radius 2 is 2.08 bits per heavy atom. The molecule has 2 amide bonds. The molecule has 8 heteroatoms. The molecule has 0 aliphatic carbocycles. The zero-order valence-electron chi connectivity index (χ0n) is 13.4. The lowest BCUT2D eigenvalue weighted by atomic mass is 10.0. The largest absolute Gasteiger partial charge is 0.507 e. The molecule has 2 rings (SSSR count). The van der Waals surface area contributed by atoms with Crippen LogP contribution >= 0.6 is 0 Å². The first-order valence-electron chi connectivity index (χ1n) is 7.57. The van der Waals surface area contributed by atoms with Crippen molar-refractivity contribution in [2.24, 2.45) is 5.73 Å². The summed E-state index contributed by atoms with van der Waals surface area (Å²) in [4.78, 5) is 36.9. The first-order valence-corrected chi connectivity index (χ1v) is 7.57. The summed E-state index contributed by atoms with van der Waals surface area (Å²) in [5.41, 5.74) is 5.23. The zero-order chi connectivity index (χ0) is 17.7. The van der Waals surface area contributed by atoms with Crippen molar-refractivity contribution >= 4 is 17.8 Å². The summed E-state index contributed by atoms with van der Waals surface area (Å²) in [6, 6.07) is 3.44. The highest BCUT2D eigenvalue weighted by molar-refractivity contribution is 5.94. The quantitative estimate of drug-likeness (QED) is 0.752. The number of ether oxygens (including phenoxy) is 2. The number of aromatic hydroxyl groups is 1. The van der Waals surface area contributed by atoms with E-state index in [1.54, 1.807) is 0 Å². The van der Waals surface area contributed by atoms with Crippen LogP contribution in [0.3, 0.4) is 0 Å². The number of hydrogen-bond donors (Lipinski definition) is 2. The van der Waals surface area contributed by atoms with Gasteiger partial charge in [0, 0.05) is 12.6 Å². The van der Waals surface area contributed by atoms with Crippen molar-refractivity contribution in [1.82, 2.24) is 4.90 Å². The summed E-state index contributed by atoms with van der Waals surface area (Å²) >= 11 is 0. The summed E-state index contributed by atoms with van der Waals surface area (Å²) in [6.45, 7) is -0.119. The van der Waals surface area contributed by atoms with Gasteiger partial charge in [-0.2, -0.15) is 0 Å². The predicted molar refractivity (Wildman–Crippen MR) is 83.5 cm³/mol. The monoisotopic (exact) mass is 336 g/mol. The van der Waals surface area contributed by atoms with E-state index in [4.69, 9.17) is 15.2 Å². The molecule has 1 fully saturated rings. The van der Waals surface area contributed by atoms with E-state index in [1.807, 2.05) is 0 Å². The molecule has 1 aromatic rings. The number of amides is 2. The van der Waals surface area contributed by atoms with Gasteiger partial charge in [0.15, 0.2) is 6.61 Å². The summed E-state index contributed by atoms with van der Waals surface area (Å²) < 4.78 is 9.87. The van der Waals surface area contributed by atoms with Crippen LogP contribution in [0.2, 0.25) is 0 Å². The maximum Gasteiger partial charge on any atom is 0.342 e. The molecule has 1 atom stereocenters. The third-order valence-corrected chi connectivity index (χ3v) is 3.90. The Bertz CT molecular complexity index is 645. The number of primary amides is 1. The Labute approximate surface area is 139 Å². The molecule has 1 aliphatic heterocycles. The van der Waals surface area contributed by atoms with E-state index in [2.05, 4.69) is 0 Å². The second-order valence-corrected chi connectivity index (χ2v) is 5.46. The number of phenols is 1. The van der Waals surface area contributed by atoms with Gasteiger partial charge in [-0.15, -0.1) is 0 Å². The molecule has 130 valence electrons. The van der Waals surface area contributed by atoms with Crippen LogP contribution < -0.4 is 10.5 Å². The van der Waals surface area contributed by atoms with Crippen LogP contribution in [-0.2, 0) is 14.3 Å². The van der Waals surface area contributed by atoms with Gasteiger partial charge >= 0.3 is 5.97 Å². The Kier molecular flexibility index (Phi) is 5.62. The Morgan fingerprint density at radius 3 is 2.71 bits per heavy atom. The Balaban J connectivity index is 1.98. The highest BCUT2D eigenvalue weighted by Gasteiger charge is 2.31. The maximum atomic E-state index is 12.2. The number of methoxy groups -OCH3 is 1. The molecule has 1 heterocycles. The molecule has 0 bridgehead atoms. The van der Waals surface area contributed by atoms with Crippen LogP contribution in [0.1, 0.15) is 29.6 Å². The van der Waals surface area contributed by atoms with E-state index in [1.165, 1.54) is 30.2 Å².